The van der Waals surface area contributed by atoms with Crippen molar-refractivity contribution in [1.29, 1.82) is 0 Å². The van der Waals surface area contributed by atoms with Gasteiger partial charge in [0.1, 0.15) is 5.84 Å². The van der Waals surface area contributed by atoms with Gasteiger partial charge < -0.3 is 29.2 Å². The zero-order valence-electron chi connectivity index (χ0n) is 63.2. The molecular weight excluding hydrogens is 2130 g/mol. The quantitative estimate of drug-likeness (QED) is 0.0839. The van der Waals surface area contributed by atoms with E-state index < -0.39 is 7.14 Å². The molecule has 0 saturated carbocycles. The summed E-state index contributed by atoms with van der Waals surface area (Å²) in [5, 5.41) is 22.3. The van der Waals surface area contributed by atoms with Gasteiger partial charge in [-0.05, 0) is 157 Å². The van der Waals surface area contributed by atoms with Crippen molar-refractivity contribution in [2.75, 3.05) is 22.1 Å². The van der Waals surface area contributed by atoms with Crippen LogP contribution >= 0.6 is 18.9 Å². The number of hydrogen-bond acceptors (Lipinski definition) is 11. The van der Waals surface area contributed by atoms with Gasteiger partial charge >= 0.3 is 0 Å². The molecule has 0 bridgehead atoms. The molecule has 13 aromatic rings. The van der Waals surface area contributed by atoms with E-state index in [4.69, 9.17) is 19.9 Å². The first-order valence-corrected chi connectivity index (χ1v) is 38.5. The molecule has 0 aromatic heterocycles. The largest absolute Gasteiger partial charge is 0.625 e. The van der Waals surface area contributed by atoms with Crippen molar-refractivity contribution < 1.29 is 89.7 Å². The smallest absolute Gasteiger partial charge is 0.206 e. The van der Waals surface area contributed by atoms with Crippen LogP contribution in [0.2, 0.25) is 0 Å². The number of nitrogens with zero attached hydrogens (tertiary/aromatic N) is 8. The van der Waals surface area contributed by atoms with E-state index in [9.17, 15) is 4.57 Å². The Bertz CT molecular complexity index is 5330. The molecule has 0 spiro atoms. The van der Waals surface area contributed by atoms with Crippen LogP contribution < -0.4 is 20.3 Å². The Balaban J connectivity index is 0.000000157. The van der Waals surface area contributed by atoms with Crippen molar-refractivity contribution in [3.63, 3.8) is 0 Å². The third-order valence-electron chi connectivity index (χ3n) is 19.0. The van der Waals surface area contributed by atoms with E-state index in [1.807, 2.05) is 200 Å². The van der Waals surface area contributed by atoms with E-state index in [2.05, 4.69) is 223 Å². The number of para-hydroxylation sites is 3. The molecule has 4 radical (unpaired) electrons. The van der Waals surface area contributed by atoms with Crippen LogP contribution in [0.1, 0.15) is 72.3 Å². The second-order valence-electron chi connectivity index (χ2n) is 26.8. The minimum atomic E-state index is -3.15. The van der Waals surface area contributed by atoms with Gasteiger partial charge in [-0.3, -0.25) is 16.8 Å². The second kappa shape index (κ2) is 39.3. The number of ether oxygens (including phenoxy) is 1. The molecule has 4 heterocycles. The van der Waals surface area contributed by atoms with E-state index >= 15 is 0 Å². The first-order valence-electron chi connectivity index (χ1n) is 35.9. The Morgan fingerprint density at radius 1 is 0.375 bits per heavy atom. The van der Waals surface area contributed by atoms with E-state index in [-0.39, 0.29) is 80.4 Å². The maximum absolute atomic E-state index is 14.9. The van der Waals surface area contributed by atoms with Crippen LogP contribution in [0.15, 0.2) is 324 Å². The average molecular weight is 2210 g/mol. The fraction of sp³-hybridized carbons (Fsp3) is 0.0938. The molecule has 1 unspecified atom stereocenters. The number of benzene rings is 13. The first-order chi connectivity index (χ1) is 52.7. The van der Waals surface area contributed by atoms with Crippen LogP contribution in [0.5, 0.6) is 0 Å². The van der Waals surface area contributed by atoms with Crippen molar-refractivity contribution in [3.8, 4) is 44.5 Å². The van der Waals surface area contributed by atoms with Crippen LogP contribution in [0.25, 0.3) is 49.8 Å². The van der Waals surface area contributed by atoms with Crippen molar-refractivity contribution in [1.82, 2.24) is 4.90 Å². The predicted molar refractivity (Wildman–Crippen MR) is 451 cm³/mol. The molecule has 10 nitrogen and oxygen atoms in total. The van der Waals surface area contributed by atoms with E-state index in [1.165, 1.54) is 72.3 Å². The number of aryl methyl sites for hydroxylation is 8. The third-order valence-corrected chi connectivity index (χ3v) is 22.9. The van der Waals surface area contributed by atoms with E-state index in [1.54, 1.807) is 23.5 Å². The van der Waals surface area contributed by atoms with Gasteiger partial charge in [0.2, 0.25) is 5.90 Å². The molecule has 4 aliphatic rings. The van der Waals surface area contributed by atoms with Crippen LogP contribution in [0.3, 0.4) is 0 Å². The van der Waals surface area contributed by atoms with Crippen molar-refractivity contribution in [2.24, 2.45) is 20.3 Å². The van der Waals surface area contributed by atoms with E-state index in [0.717, 1.165) is 83.1 Å². The second-order valence-corrected chi connectivity index (χ2v) is 30.2. The molecule has 1 atom stereocenters. The number of anilines is 3. The summed E-state index contributed by atoms with van der Waals surface area (Å²) in [5.74, 6) is 3.61. The predicted octanol–water partition coefficient (Wildman–Crippen LogP) is 23.1. The minimum absolute atomic E-state index is 0. The monoisotopic (exact) mass is 2210 g/mol. The van der Waals surface area contributed by atoms with E-state index in [0.29, 0.717) is 11.4 Å². The van der Waals surface area contributed by atoms with Gasteiger partial charge in [-0.2, -0.15) is 88.9 Å². The van der Waals surface area contributed by atoms with Crippen molar-refractivity contribution in [3.05, 3.63) is 419 Å². The van der Waals surface area contributed by atoms with Gasteiger partial charge in [-0.15, -0.1) is 60.8 Å². The summed E-state index contributed by atoms with van der Waals surface area (Å²) in [6.07, 6.45) is 1.81. The van der Waals surface area contributed by atoms with Crippen LogP contribution in [-0.4, -0.2) is 34.2 Å². The SMILES string of the molecule is Cc1cc(-c2ccccc2)cc(C)c1C1=CN=C(c2[c-]cccc2)P1(=O)c1ccccc1.Cc1cc(-c2ccccc2)cc(C)c1C1=NN(c2[c-]cccc2)[CH-]N1C.Cc1cc(-c2ccccc2)cc(C)c1C1=NN(c2[c-]cccc2)[CH-]O1.Cc1cc(-c2ccccc2)cc(C)c1C1=NN(c2[c-]cccc2)[CH-]S1.[Ir].[Ir].[Ir].[Ir]. The summed E-state index contributed by atoms with van der Waals surface area (Å²) in [6.45, 7) is 20.6. The number of aliphatic imine (C=N–C) groups is 1. The standard InChI is InChI=1S/C29H23NOP.C23H21N3.C22H18N2O.C22H18N2S.4Ir/c1-21-18-25(23-12-6-3-7-13-23)19-22(2)28(21)27-20-30-29(24-14-8-4-9-15-24)32(27,31)26-16-10-5-11-17-26;1-17-14-20(19-10-6-4-7-11-19)15-18(2)22(17)23-24-26(16-25(23)3)21-12-8-5-9-13-21;2*1-16-13-19(18-9-5-3-6-10-18)14-17(2)21(16)22-23-24(15-25-22)20-11-7-4-8-12-20;;;;/h3-14,16-20H,1-2H3;4-12,14-16H,1-3H3;2*3-11,13-15H,1-2H3;;;;/q-1;3*-2;;;;. The molecule has 13 aromatic carbocycles. The Kier molecular flexibility index (Phi) is 29.8. The number of amidine groups is 1. The van der Waals surface area contributed by atoms with Gasteiger partial charge in [-0.25, -0.2) is 5.10 Å². The van der Waals surface area contributed by atoms with Crippen molar-refractivity contribution >= 4 is 68.8 Å². The summed E-state index contributed by atoms with van der Waals surface area (Å²) >= 11 is 1.66. The van der Waals surface area contributed by atoms with Gasteiger partial charge in [0.15, 0.2) is 7.14 Å². The zero-order valence-corrected chi connectivity index (χ0v) is 74.5. The Labute approximate surface area is 718 Å². The molecular formula is C96H80Ir4N8O2PS-7. The number of thioether (sulfide) groups is 1. The molecule has 570 valence electrons. The third kappa shape index (κ3) is 19.2. The summed E-state index contributed by atoms with van der Waals surface area (Å²) < 4.78 is 20.7. The van der Waals surface area contributed by atoms with Crippen molar-refractivity contribution in [2.45, 2.75) is 55.4 Å². The molecule has 0 aliphatic carbocycles. The zero-order chi connectivity index (χ0) is 74.7. The minimum Gasteiger partial charge on any atom is -0.625 e. The van der Waals surface area contributed by atoms with Gasteiger partial charge in [0.25, 0.3) is 0 Å². The summed E-state index contributed by atoms with van der Waals surface area (Å²) in [4.78, 5) is 6.78. The average Bonchev–Trinajstić information content (AvgIpc) is 1.58. The van der Waals surface area contributed by atoms with Gasteiger partial charge in [0, 0.05) is 119 Å². The molecule has 0 amide bonds. The molecule has 16 heteroatoms. The molecule has 112 heavy (non-hydrogen) atoms. The number of hydrazone groups is 3. The van der Waals surface area contributed by atoms with Crippen LogP contribution in [0.4, 0.5) is 17.1 Å². The summed E-state index contributed by atoms with van der Waals surface area (Å²) in [7, 11) is -1.11. The Morgan fingerprint density at radius 2 is 0.741 bits per heavy atom. The number of rotatable bonds is 13. The maximum atomic E-state index is 14.9. The molecule has 0 N–H and O–H groups in total. The van der Waals surface area contributed by atoms with Crippen LogP contribution in [0, 0.1) is 98.9 Å². The van der Waals surface area contributed by atoms with Gasteiger partial charge in [0.05, 0.1) is 5.04 Å². The summed E-state index contributed by atoms with van der Waals surface area (Å²) in [6, 6.07) is 113. The Morgan fingerprint density at radius 3 is 1.15 bits per heavy atom. The molecule has 0 saturated heterocycles. The summed E-state index contributed by atoms with van der Waals surface area (Å²) in [5.41, 5.74) is 27.7. The molecule has 0 fully saturated rings. The first kappa shape index (κ1) is 84.9. The molecule has 17 rings (SSSR count). The fourth-order valence-corrected chi connectivity index (χ4v) is 17.9. The van der Waals surface area contributed by atoms with Crippen LogP contribution in [-0.2, 0) is 89.7 Å². The molecule has 4 aliphatic heterocycles. The topological polar surface area (TPSA) is 88.7 Å². The van der Waals surface area contributed by atoms with Gasteiger partial charge in [-0.1, -0.05) is 224 Å². The fourth-order valence-electron chi connectivity index (χ4n) is 14.0. The normalized spacial score (nSPS) is 14.4. The Hall–Kier alpha value is -9.54. The number of hydrogen-bond donors (Lipinski definition) is 0. The maximum Gasteiger partial charge on any atom is 0.206 e.